The van der Waals surface area contributed by atoms with Crippen LogP contribution in [-0.2, 0) is 9.72 Å². The van der Waals surface area contributed by atoms with Gasteiger partial charge in [-0.15, -0.1) is 0 Å². The van der Waals surface area contributed by atoms with E-state index < -0.39 is 18.5 Å². The Morgan fingerprint density at radius 3 is 1.51 bits per heavy atom. The third-order valence-electron chi connectivity index (χ3n) is 6.57. The quantitative estimate of drug-likeness (QED) is 0.300. The Morgan fingerprint density at radius 1 is 0.657 bits per heavy atom. The van der Waals surface area contributed by atoms with Gasteiger partial charge < -0.3 is 9.67 Å². The number of halogens is 3. The van der Waals surface area contributed by atoms with Crippen molar-refractivity contribution in [3.8, 4) is 5.75 Å². The van der Waals surface area contributed by atoms with Crippen LogP contribution in [0.5, 0.6) is 5.75 Å². The summed E-state index contributed by atoms with van der Waals surface area (Å²) in [7, 11) is -4.52. The first-order valence-corrected chi connectivity index (χ1v) is 12.9. The smallest absolute Gasteiger partial charge is 0.409 e. The van der Waals surface area contributed by atoms with Crippen LogP contribution in [0.25, 0.3) is 0 Å². The van der Waals surface area contributed by atoms with Gasteiger partial charge in [-0.2, -0.15) is 13.2 Å². The number of aryl methyl sites for hydroxylation is 3. The van der Waals surface area contributed by atoms with Crippen molar-refractivity contribution in [3.63, 3.8) is 0 Å². The normalized spacial score (nSPS) is 13.9. The minimum absolute atomic E-state index is 0.0759. The highest BCUT2D eigenvalue weighted by Crippen LogP contribution is 2.71. The standard InChI is InChI=1S/C29H26F3O2P/c1-20-12-10-11-17-26(20)28(29(30,31)32,23-18-21(2)27(33)22(3)19-23)35(34,24-13-6-4-7-14-24)25-15-8-5-9-16-25/h4-19,33H,1-3H3. The minimum atomic E-state index is -4.96. The van der Waals surface area contributed by atoms with Crippen molar-refractivity contribution in [3.05, 3.63) is 125 Å². The fourth-order valence-electron chi connectivity index (χ4n) is 4.96. The summed E-state index contributed by atoms with van der Waals surface area (Å²) in [6.07, 6.45) is -4.96. The first-order valence-electron chi connectivity index (χ1n) is 11.2. The molecule has 0 aliphatic heterocycles. The van der Waals surface area contributed by atoms with Crippen LogP contribution in [0, 0.1) is 20.8 Å². The molecule has 0 saturated heterocycles. The summed E-state index contributed by atoms with van der Waals surface area (Å²) in [6, 6.07) is 24.7. The predicted octanol–water partition coefficient (Wildman–Crippen LogP) is 7.14. The lowest BCUT2D eigenvalue weighted by atomic mass is 9.85. The molecule has 0 aliphatic rings. The van der Waals surface area contributed by atoms with E-state index in [-0.39, 0.29) is 38.6 Å². The predicted molar refractivity (Wildman–Crippen MR) is 135 cm³/mol. The van der Waals surface area contributed by atoms with Crippen molar-refractivity contribution in [2.45, 2.75) is 32.1 Å². The second-order valence-electron chi connectivity index (χ2n) is 8.76. The molecule has 4 rings (SSSR count). The molecule has 0 saturated carbocycles. The van der Waals surface area contributed by atoms with Gasteiger partial charge in [-0.05, 0) is 48.6 Å². The summed E-state index contributed by atoms with van der Waals surface area (Å²) in [5.41, 5.74) is 0.709. The summed E-state index contributed by atoms with van der Waals surface area (Å²) in [5, 5.41) is 7.72. The van der Waals surface area contributed by atoms with E-state index in [0.717, 1.165) is 0 Å². The third kappa shape index (κ3) is 3.79. The number of phenolic OH excluding ortho intramolecular Hbond substituents is 1. The highest BCUT2D eigenvalue weighted by Gasteiger charge is 2.68. The molecule has 4 aromatic carbocycles. The van der Waals surface area contributed by atoms with Crippen LogP contribution in [0.15, 0.2) is 97.1 Å². The molecule has 0 aliphatic carbocycles. The van der Waals surface area contributed by atoms with Gasteiger partial charge in [0.05, 0.1) is 0 Å². The Balaban J connectivity index is 2.32. The molecular formula is C29H26F3O2P. The molecule has 1 N–H and O–H groups in total. The van der Waals surface area contributed by atoms with Crippen molar-refractivity contribution in [2.75, 3.05) is 0 Å². The molecule has 0 heterocycles. The number of hydrogen-bond acceptors (Lipinski definition) is 2. The molecule has 1 unspecified atom stereocenters. The third-order valence-corrected chi connectivity index (χ3v) is 10.3. The van der Waals surface area contributed by atoms with E-state index >= 15 is 17.7 Å². The van der Waals surface area contributed by atoms with Crippen LogP contribution in [0.2, 0.25) is 0 Å². The topological polar surface area (TPSA) is 37.3 Å². The SMILES string of the molecule is Cc1ccccc1C(c1cc(C)c(O)c(C)c1)(C(F)(F)F)P(=O)(c1ccccc1)c1ccccc1. The highest BCUT2D eigenvalue weighted by molar-refractivity contribution is 7.80. The second-order valence-corrected chi connectivity index (χ2v) is 11.7. The number of aromatic hydroxyl groups is 1. The second kappa shape index (κ2) is 9.05. The van der Waals surface area contributed by atoms with Gasteiger partial charge in [-0.25, -0.2) is 0 Å². The fraction of sp³-hybridized carbons (Fsp3) is 0.172. The lowest BCUT2D eigenvalue weighted by Gasteiger charge is -2.44. The van der Waals surface area contributed by atoms with E-state index in [9.17, 15) is 5.11 Å². The van der Waals surface area contributed by atoms with E-state index in [1.807, 2.05) is 0 Å². The summed E-state index contributed by atoms with van der Waals surface area (Å²) in [4.78, 5) is 0. The largest absolute Gasteiger partial charge is 0.507 e. The summed E-state index contributed by atoms with van der Waals surface area (Å²) < 4.78 is 63.3. The van der Waals surface area contributed by atoms with Crippen LogP contribution in [0.3, 0.4) is 0 Å². The van der Waals surface area contributed by atoms with Gasteiger partial charge in [-0.3, -0.25) is 0 Å². The van der Waals surface area contributed by atoms with Crippen LogP contribution < -0.4 is 10.6 Å². The van der Waals surface area contributed by atoms with Gasteiger partial charge in [0.15, 0.2) is 12.3 Å². The Bertz CT molecular complexity index is 1330. The lowest BCUT2D eigenvalue weighted by Crippen LogP contribution is -2.49. The Labute approximate surface area is 203 Å². The number of rotatable bonds is 5. The molecule has 1 atom stereocenters. The molecule has 0 fully saturated rings. The number of alkyl halides is 3. The van der Waals surface area contributed by atoms with Crippen molar-refractivity contribution < 1.29 is 22.8 Å². The lowest BCUT2D eigenvalue weighted by molar-refractivity contribution is -0.154. The first kappa shape index (κ1) is 24.8. The molecule has 0 spiro atoms. The summed E-state index contributed by atoms with van der Waals surface area (Å²) in [6.45, 7) is 4.72. The fourth-order valence-corrected chi connectivity index (χ4v) is 8.65. The van der Waals surface area contributed by atoms with Crippen LogP contribution in [0.1, 0.15) is 27.8 Å². The summed E-state index contributed by atoms with van der Waals surface area (Å²) in [5.74, 6) is -0.0798. The zero-order valence-corrected chi connectivity index (χ0v) is 20.6. The van der Waals surface area contributed by atoms with E-state index in [1.165, 1.54) is 42.5 Å². The van der Waals surface area contributed by atoms with E-state index in [2.05, 4.69) is 0 Å². The molecule has 0 bridgehead atoms. The minimum Gasteiger partial charge on any atom is -0.507 e. The van der Waals surface area contributed by atoms with Crippen molar-refractivity contribution >= 4 is 17.8 Å². The van der Waals surface area contributed by atoms with Gasteiger partial charge >= 0.3 is 6.18 Å². The molecule has 2 nitrogen and oxygen atoms in total. The molecule has 0 aromatic heterocycles. The summed E-state index contributed by atoms with van der Waals surface area (Å²) >= 11 is 0. The maximum absolute atomic E-state index is 15.9. The van der Waals surface area contributed by atoms with Crippen LogP contribution in [-0.4, -0.2) is 11.3 Å². The zero-order chi connectivity index (χ0) is 25.4. The van der Waals surface area contributed by atoms with Crippen molar-refractivity contribution in [1.82, 2.24) is 0 Å². The van der Waals surface area contributed by atoms with Gasteiger partial charge in [0.2, 0.25) is 0 Å². The van der Waals surface area contributed by atoms with E-state index in [1.54, 1.807) is 75.4 Å². The van der Waals surface area contributed by atoms with Gasteiger partial charge in [0, 0.05) is 10.6 Å². The maximum atomic E-state index is 15.9. The van der Waals surface area contributed by atoms with Crippen molar-refractivity contribution in [2.24, 2.45) is 0 Å². The van der Waals surface area contributed by atoms with E-state index in [4.69, 9.17) is 0 Å². The number of benzene rings is 4. The van der Waals surface area contributed by atoms with Crippen LogP contribution in [0.4, 0.5) is 13.2 Å². The zero-order valence-electron chi connectivity index (χ0n) is 19.7. The first-order chi connectivity index (χ1) is 16.5. The average Bonchev–Trinajstić information content (AvgIpc) is 2.84. The molecule has 35 heavy (non-hydrogen) atoms. The van der Waals surface area contributed by atoms with Gasteiger partial charge in [0.25, 0.3) is 0 Å². The van der Waals surface area contributed by atoms with Crippen LogP contribution >= 0.6 is 7.14 Å². The molecule has 180 valence electrons. The molecule has 6 heteroatoms. The molecule has 4 aromatic rings. The Kier molecular flexibility index (Phi) is 6.42. The van der Waals surface area contributed by atoms with Gasteiger partial charge in [-0.1, -0.05) is 97.1 Å². The Hall–Kier alpha value is -3.30. The maximum Gasteiger partial charge on any atom is 0.409 e. The monoisotopic (exact) mass is 494 g/mol. The average molecular weight is 494 g/mol. The molecule has 0 amide bonds. The van der Waals surface area contributed by atoms with Crippen molar-refractivity contribution in [1.29, 1.82) is 0 Å². The molecule has 0 radical (unpaired) electrons. The number of phenols is 1. The van der Waals surface area contributed by atoms with E-state index in [0.29, 0.717) is 5.56 Å². The number of hydrogen-bond donors (Lipinski definition) is 1. The molecular weight excluding hydrogens is 468 g/mol. The van der Waals surface area contributed by atoms with Gasteiger partial charge in [0.1, 0.15) is 5.75 Å². The highest BCUT2D eigenvalue weighted by atomic mass is 31.2. The Morgan fingerprint density at radius 2 is 1.09 bits per heavy atom.